The van der Waals surface area contributed by atoms with Crippen LogP contribution in [0, 0.1) is 6.92 Å². The highest BCUT2D eigenvalue weighted by molar-refractivity contribution is 6.30. The molecule has 3 nitrogen and oxygen atoms in total. The second kappa shape index (κ2) is 4.41. The Morgan fingerprint density at radius 2 is 1.81 bits per heavy atom. The minimum atomic E-state index is 0.522. The predicted octanol–water partition coefficient (Wildman–Crippen LogP) is 3.42. The van der Waals surface area contributed by atoms with E-state index in [-0.39, 0.29) is 0 Å². The molecule has 0 atom stereocenters. The molecule has 0 aliphatic carbocycles. The van der Waals surface area contributed by atoms with E-state index in [4.69, 9.17) is 22.1 Å². The Morgan fingerprint density at radius 1 is 1.12 bits per heavy atom. The van der Waals surface area contributed by atoms with Crippen LogP contribution in [0.2, 0.25) is 5.02 Å². The number of nitrogens with zero attached hydrogens (tertiary/aromatic N) is 1. The van der Waals surface area contributed by atoms with Crippen LogP contribution >= 0.6 is 11.6 Å². The van der Waals surface area contributed by atoms with Crippen molar-refractivity contribution in [2.45, 2.75) is 6.92 Å². The quantitative estimate of drug-likeness (QED) is 0.866. The van der Waals surface area contributed by atoms with E-state index < -0.39 is 0 Å². The first kappa shape index (κ1) is 10.8. The third kappa shape index (κ3) is 2.44. The Labute approximate surface area is 98.8 Å². The van der Waals surface area contributed by atoms with Gasteiger partial charge in [-0.25, -0.2) is 4.98 Å². The smallest absolute Gasteiger partial charge is 0.219 e. The van der Waals surface area contributed by atoms with Gasteiger partial charge < -0.3 is 10.5 Å². The van der Waals surface area contributed by atoms with E-state index in [2.05, 4.69) is 4.98 Å². The molecular formula is C12H11ClN2O. The number of aryl methyl sites for hydroxylation is 1. The van der Waals surface area contributed by atoms with Crippen LogP contribution in [-0.2, 0) is 0 Å². The predicted molar refractivity (Wildman–Crippen MR) is 64.9 cm³/mol. The fourth-order valence-corrected chi connectivity index (χ4v) is 1.35. The molecule has 1 aromatic heterocycles. The fourth-order valence-electron chi connectivity index (χ4n) is 1.23. The average Bonchev–Trinajstić information content (AvgIpc) is 2.27. The van der Waals surface area contributed by atoms with Crippen molar-refractivity contribution in [3.05, 3.63) is 47.1 Å². The minimum absolute atomic E-state index is 0.522. The maximum atomic E-state index is 5.77. The number of anilines is 1. The second-order valence-corrected chi connectivity index (χ2v) is 3.82. The molecule has 1 aromatic carbocycles. The highest BCUT2D eigenvalue weighted by Gasteiger charge is 2.01. The van der Waals surface area contributed by atoms with Crippen LogP contribution in [0.5, 0.6) is 11.6 Å². The van der Waals surface area contributed by atoms with E-state index in [0.717, 1.165) is 5.69 Å². The van der Waals surface area contributed by atoms with E-state index in [1.165, 1.54) is 0 Å². The summed E-state index contributed by atoms with van der Waals surface area (Å²) in [7, 11) is 0. The van der Waals surface area contributed by atoms with Crippen LogP contribution in [0.25, 0.3) is 0 Å². The Kier molecular flexibility index (Phi) is 2.97. The molecule has 4 heteroatoms. The summed E-state index contributed by atoms with van der Waals surface area (Å²) in [5.41, 5.74) is 7.08. The highest BCUT2D eigenvalue weighted by Crippen LogP contribution is 2.22. The Balaban J connectivity index is 2.20. The van der Waals surface area contributed by atoms with Gasteiger partial charge in [0.1, 0.15) is 5.75 Å². The van der Waals surface area contributed by atoms with Crippen molar-refractivity contribution in [2.75, 3.05) is 5.73 Å². The van der Waals surface area contributed by atoms with E-state index in [9.17, 15) is 0 Å². The van der Waals surface area contributed by atoms with E-state index in [0.29, 0.717) is 22.3 Å². The van der Waals surface area contributed by atoms with Gasteiger partial charge in [0.15, 0.2) is 0 Å². The number of hydrogen-bond acceptors (Lipinski definition) is 3. The Bertz CT molecular complexity index is 497. The SMILES string of the molecule is Cc1nc(Oc2ccc(Cl)cc2)ccc1N. The summed E-state index contributed by atoms with van der Waals surface area (Å²) in [6.07, 6.45) is 0. The summed E-state index contributed by atoms with van der Waals surface area (Å²) in [5, 5.41) is 0.675. The van der Waals surface area contributed by atoms with Gasteiger partial charge in [-0.05, 0) is 37.3 Å². The van der Waals surface area contributed by atoms with Crippen LogP contribution in [-0.4, -0.2) is 4.98 Å². The molecule has 1 heterocycles. The van der Waals surface area contributed by atoms with Crippen molar-refractivity contribution in [3.8, 4) is 11.6 Å². The lowest BCUT2D eigenvalue weighted by Crippen LogP contribution is -1.95. The van der Waals surface area contributed by atoms with Gasteiger partial charge >= 0.3 is 0 Å². The summed E-state index contributed by atoms with van der Waals surface area (Å²) >= 11 is 5.77. The van der Waals surface area contributed by atoms with Crippen LogP contribution < -0.4 is 10.5 Å². The summed E-state index contributed by atoms with van der Waals surface area (Å²) in [6, 6.07) is 10.6. The van der Waals surface area contributed by atoms with Crippen LogP contribution in [0.15, 0.2) is 36.4 Å². The van der Waals surface area contributed by atoms with Gasteiger partial charge in [-0.3, -0.25) is 0 Å². The maximum absolute atomic E-state index is 5.77. The zero-order chi connectivity index (χ0) is 11.5. The lowest BCUT2D eigenvalue weighted by molar-refractivity contribution is 0.462. The van der Waals surface area contributed by atoms with Crippen LogP contribution in [0.4, 0.5) is 5.69 Å². The molecule has 0 saturated carbocycles. The molecule has 82 valence electrons. The molecule has 0 amide bonds. The molecule has 0 aliphatic heterocycles. The molecule has 0 radical (unpaired) electrons. The largest absolute Gasteiger partial charge is 0.439 e. The zero-order valence-corrected chi connectivity index (χ0v) is 9.53. The number of halogens is 1. The Hall–Kier alpha value is -1.74. The van der Waals surface area contributed by atoms with Crippen molar-refractivity contribution in [2.24, 2.45) is 0 Å². The molecule has 2 rings (SSSR count). The number of benzene rings is 1. The molecule has 2 aromatic rings. The third-order valence-corrected chi connectivity index (χ3v) is 2.39. The molecule has 0 unspecified atom stereocenters. The maximum Gasteiger partial charge on any atom is 0.219 e. The first-order valence-corrected chi connectivity index (χ1v) is 5.19. The number of aromatic nitrogens is 1. The summed E-state index contributed by atoms with van der Waals surface area (Å²) in [6.45, 7) is 1.84. The lowest BCUT2D eigenvalue weighted by atomic mass is 10.3. The molecule has 2 N–H and O–H groups in total. The van der Waals surface area contributed by atoms with Crippen molar-refractivity contribution in [1.29, 1.82) is 0 Å². The monoisotopic (exact) mass is 234 g/mol. The molecule has 0 spiro atoms. The van der Waals surface area contributed by atoms with Gasteiger partial charge in [0, 0.05) is 11.1 Å². The Morgan fingerprint density at radius 3 is 2.44 bits per heavy atom. The number of nitrogen functional groups attached to an aromatic ring is 1. The normalized spacial score (nSPS) is 10.1. The molecular weight excluding hydrogens is 224 g/mol. The number of hydrogen-bond donors (Lipinski definition) is 1. The van der Waals surface area contributed by atoms with Crippen molar-refractivity contribution < 1.29 is 4.74 Å². The highest BCUT2D eigenvalue weighted by atomic mass is 35.5. The number of rotatable bonds is 2. The van der Waals surface area contributed by atoms with Crippen LogP contribution in [0.3, 0.4) is 0 Å². The fraction of sp³-hybridized carbons (Fsp3) is 0.0833. The topological polar surface area (TPSA) is 48.1 Å². The van der Waals surface area contributed by atoms with Crippen molar-refractivity contribution >= 4 is 17.3 Å². The van der Waals surface area contributed by atoms with Gasteiger partial charge in [-0.2, -0.15) is 0 Å². The van der Waals surface area contributed by atoms with E-state index in [1.54, 1.807) is 36.4 Å². The standard InChI is InChI=1S/C12H11ClN2O/c1-8-11(14)6-7-12(15-8)16-10-4-2-9(13)3-5-10/h2-7H,14H2,1H3. The first-order chi connectivity index (χ1) is 7.65. The van der Waals surface area contributed by atoms with Gasteiger partial charge in [-0.15, -0.1) is 0 Å². The summed E-state index contributed by atoms with van der Waals surface area (Å²) < 4.78 is 5.54. The van der Waals surface area contributed by atoms with Crippen molar-refractivity contribution in [3.63, 3.8) is 0 Å². The number of nitrogens with two attached hydrogens (primary N) is 1. The minimum Gasteiger partial charge on any atom is -0.439 e. The molecule has 0 saturated heterocycles. The molecule has 0 bridgehead atoms. The summed E-state index contributed by atoms with van der Waals surface area (Å²) in [5.74, 6) is 1.22. The number of ether oxygens (including phenoxy) is 1. The third-order valence-electron chi connectivity index (χ3n) is 2.14. The molecule has 0 aliphatic rings. The van der Waals surface area contributed by atoms with Gasteiger partial charge in [0.2, 0.25) is 5.88 Å². The average molecular weight is 235 g/mol. The summed E-state index contributed by atoms with van der Waals surface area (Å²) in [4.78, 5) is 4.21. The van der Waals surface area contributed by atoms with Crippen LogP contribution in [0.1, 0.15) is 5.69 Å². The van der Waals surface area contributed by atoms with E-state index >= 15 is 0 Å². The first-order valence-electron chi connectivity index (χ1n) is 4.82. The van der Waals surface area contributed by atoms with E-state index in [1.807, 2.05) is 6.92 Å². The van der Waals surface area contributed by atoms with Gasteiger partial charge in [-0.1, -0.05) is 11.6 Å². The van der Waals surface area contributed by atoms with Gasteiger partial charge in [0.25, 0.3) is 0 Å². The zero-order valence-electron chi connectivity index (χ0n) is 8.77. The van der Waals surface area contributed by atoms with Gasteiger partial charge in [0.05, 0.1) is 11.4 Å². The molecule has 0 fully saturated rings. The lowest BCUT2D eigenvalue weighted by Gasteiger charge is -2.06. The second-order valence-electron chi connectivity index (χ2n) is 3.38. The van der Waals surface area contributed by atoms with Crippen molar-refractivity contribution in [1.82, 2.24) is 4.98 Å². The number of pyridine rings is 1. The molecule has 16 heavy (non-hydrogen) atoms.